The predicted molar refractivity (Wildman–Crippen MR) is 82.3 cm³/mol. The largest absolute Gasteiger partial charge is 0.397 e. The van der Waals surface area contributed by atoms with Crippen LogP contribution in [0, 0.1) is 11.8 Å². The molecule has 4 atom stereocenters. The number of fused-ring (bicyclic) bond motifs is 1. The summed E-state index contributed by atoms with van der Waals surface area (Å²) in [5.41, 5.74) is 10.4. The summed E-state index contributed by atoms with van der Waals surface area (Å²) >= 11 is 0. The maximum atomic E-state index is 10.4. The van der Waals surface area contributed by atoms with E-state index >= 15 is 0 Å². The lowest BCUT2D eigenvalue weighted by Gasteiger charge is -2.22. The summed E-state index contributed by atoms with van der Waals surface area (Å²) in [6.07, 6.45) is 1.13. The van der Waals surface area contributed by atoms with E-state index in [1.807, 2.05) is 6.07 Å². The van der Waals surface area contributed by atoms with Crippen molar-refractivity contribution in [3.8, 4) is 0 Å². The Balaban J connectivity index is 1.60. The van der Waals surface area contributed by atoms with E-state index in [4.69, 9.17) is 11.6 Å². The second-order valence-electron chi connectivity index (χ2n) is 6.37. The van der Waals surface area contributed by atoms with Crippen molar-refractivity contribution in [1.29, 1.82) is 0 Å². The normalized spacial score (nSPS) is 30.3. The number of hydrogen-bond acceptors (Lipinski definition) is 6. The summed E-state index contributed by atoms with van der Waals surface area (Å²) in [7, 11) is 0. The van der Waals surface area contributed by atoms with Gasteiger partial charge in [-0.3, -0.25) is 10.7 Å². The first-order valence-electron chi connectivity index (χ1n) is 7.51. The van der Waals surface area contributed by atoms with E-state index in [-0.39, 0.29) is 6.10 Å². The van der Waals surface area contributed by atoms with Gasteiger partial charge in [-0.1, -0.05) is 6.07 Å². The summed E-state index contributed by atoms with van der Waals surface area (Å²) in [6.45, 7) is 2.55. The van der Waals surface area contributed by atoms with Gasteiger partial charge in [0.1, 0.15) is 0 Å². The molecule has 6 heteroatoms. The van der Waals surface area contributed by atoms with Gasteiger partial charge in [0, 0.05) is 19.6 Å². The van der Waals surface area contributed by atoms with Gasteiger partial charge in [0.15, 0.2) is 0 Å². The van der Waals surface area contributed by atoms with Crippen LogP contribution in [-0.2, 0) is 0 Å². The number of anilines is 2. The van der Waals surface area contributed by atoms with E-state index in [1.54, 1.807) is 12.1 Å². The number of nitrogen functional groups attached to an aromatic ring is 2. The van der Waals surface area contributed by atoms with E-state index < -0.39 is 6.10 Å². The van der Waals surface area contributed by atoms with Gasteiger partial charge in [0.2, 0.25) is 0 Å². The van der Waals surface area contributed by atoms with Crippen molar-refractivity contribution in [2.45, 2.75) is 25.0 Å². The number of likely N-dealkylation sites (tertiary alicyclic amines) is 1. The molecule has 21 heavy (non-hydrogen) atoms. The number of nitrogens with two attached hydrogens (primary N) is 2. The first-order valence-corrected chi connectivity index (χ1v) is 7.51. The average Bonchev–Trinajstić information content (AvgIpc) is 2.95. The van der Waals surface area contributed by atoms with Gasteiger partial charge in [0.05, 0.1) is 23.6 Å². The van der Waals surface area contributed by atoms with Crippen molar-refractivity contribution in [2.75, 3.05) is 30.8 Å². The minimum absolute atomic E-state index is 0.122. The van der Waals surface area contributed by atoms with Crippen LogP contribution in [0.1, 0.15) is 24.5 Å². The molecular weight excluding hydrogens is 268 g/mol. The van der Waals surface area contributed by atoms with Crippen LogP contribution < -0.4 is 17.0 Å². The summed E-state index contributed by atoms with van der Waals surface area (Å²) in [6, 6.07) is 5.39. The summed E-state index contributed by atoms with van der Waals surface area (Å²) in [5, 5.41) is 20.0. The number of nitrogens with one attached hydrogen (secondary N) is 1. The van der Waals surface area contributed by atoms with Crippen molar-refractivity contribution in [2.24, 2.45) is 17.7 Å². The molecule has 0 aromatic heterocycles. The van der Waals surface area contributed by atoms with Crippen LogP contribution in [0.2, 0.25) is 0 Å². The molecule has 1 aliphatic heterocycles. The van der Waals surface area contributed by atoms with Gasteiger partial charge in [-0.15, -0.1) is 0 Å². The number of β-amino-alcohol motifs (C(OH)–C–C–N with tert-alkyl or cyclic N) is 1. The topological polar surface area (TPSA) is 108 Å². The number of hydrogen-bond donors (Lipinski definition) is 5. The molecule has 7 N–H and O–H groups in total. The van der Waals surface area contributed by atoms with Gasteiger partial charge < -0.3 is 21.4 Å². The Morgan fingerprint density at radius 2 is 1.95 bits per heavy atom. The molecule has 116 valence electrons. The number of hydrazine groups is 1. The summed E-state index contributed by atoms with van der Waals surface area (Å²) in [5.74, 6) is 6.52. The maximum absolute atomic E-state index is 10.4. The van der Waals surface area contributed by atoms with Gasteiger partial charge in [-0.2, -0.15) is 0 Å². The molecule has 3 rings (SSSR count). The van der Waals surface area contributed by atoms with E-state index in [0.29, 0.717) is 29.8 Å². The van der Waals surface area contributed by atoms with Crippen molar-refractivity contribution in [1.82, 2.24) is 4.90 Å². The molecule has 0 bridgehead atoms. The standard InChI is InChI=1S/C15H24N4O2/c16-13-5-9(1-2-14(13)18-17)15(21)8-19-6-10-3-12(20)4-11(10)7-19/h1-2,5,10-12,15,18,20-21H,3-4,6-8,16-17H2/t10-,11+,12?,15?. The lowest BCUT2D eigenvalue weighted by Crippen LogP contribution is -2.28. The van der Waals surface area contributed by atoms with E-state index in [0.717, 1.165) is 31.5 Å². The molecule has 0 spiro atoms. The molecule has 2 aliphatic rings. The zero-order valence-corrected chi connectivity index (χ0v) is 12.1. The summed E-state index contributed by atoms with van der Waals surface area (Å²) in [4.78, 5) is 2.29. The highest BCUT2D eigenvalue weighted by atomic mass is 16.3. The zero-order valence-electron chi connectivity index (χ0n) is 12.1. The molecule has 1 aliphatic carbocycles. The Morgan fingerprint density at radius 1 is 1.29 bits per heavy atom. The number of aliphatic hydroxyl groups is 2. The molecule has 1 saturated carbocycles. The van der Waals surface area contributed by atoms with Crippen LogP contribution in [0.25, 0.3) is 0 Å². The SMILES string of the molecule is NNc1ccc(C(O)CN2C[C@H]3CC(O)C[C@H]3C2)cc1N. The molecule has 1 aromatic rings. The fourth-order valence-electron chi connectivity index (χ4n) is 3.78. The Labute approximate surface area is 124 Å². The lowest BCUT2D eigenvalue weighted by molar-refractivity contribution is 0.113. The molecule has 2 unspecified atom stereocenters. The predicted octanol–water partition coefficient (Wildman–Crippen LogP) is 0.290. The Kier molecular flexibility index (Phi) is 4.03. The molecule has 1 saturated heterocycles. The van der Waals surface area contributed by atoms with Crippen LogP contribution in [0.4, 0.5) is 11.4 Å². The van der Waals surface area contributed by atoms with Crippen molar-refractivity contribution in [3.05, 3.63) is 23.8 Å². The average molecular weight is 292 g/mol. The maximum Gasteiger partial charge on any atom is 0.0917 e. The van der Waals surface area contributed by atoms with Crippen molar-refractivity contribution >= 4 is 11.4 Å². The second kappa shape index (κ2) is 5.81. The molecule has 0 radical (unpaired) electrons. The van der Waals surface area contributed by atoms with Gasteiger partial charge in [-0.25, -0.2) is 0 Å². The van der Waals surface area contributed by atoms with E-state index in [1.165, 1.54) is 0 Å². The minimum atomic E-state index is -0.553. The van der Waals surface area contributed by atoms with Crippen LogP contribution >= 0.6 is 0 Å². The molecular formula is C15H24N4O2. The second-order valence-corrected chi connectivity index (χ2v) is 6.37. The van der Waals surface area contributed by atoms with Crippen LogP contribution in [0.15, 0.2) is 18.2 Å². The highest BCUT2D eigenvalue weighted by Crippen LogP contribution is 2.38. The first kappa shape index (κ1) is 14.6. The summed E-state index contributed by atoms with van der Waals surface area (Å²) < 4.78 is 0. The minimum Gasteiger partial charge on any atom is -0.397 e. The highest BCUT2D eigenvalue weighted by Gasteiger charge is 2.40. The molecule has 6 nitrogen and oxygen atoms in total. The van der Waals surface area contributed by atoms with E-state index in [2.05, 4.69) is 10.3 Å². The molecule has 2 fully saturated rings. The van der Waals surface area contributed by atoms with Gasteiger partial charge >= 0.3 is 0 Å². The zero-order chi connectivity index (χ0) is 15.0. The van der Waals surface area contributed by atoms with Gasteiger partial charge in [0.25, 0.3) is 0 Å². The van der Waals surface area contributed by atoms with Crippen LogP contribution in [0.5, 0.6) is 0 Å². The van der Waals surface area contributed by atoms with Crippen LogP contribution in [0.3, 0.4) is 0 Å². The third kappa shape index (κ3) is 2.98. The van der Waals surface area contributed by atoms with Crippen LogP contribution in [-0.4, -0.2) is 40.9 Å². The van der Waals surface area contributed by atoms with Gasteiger partial charge in [-0.05, 0) is 42.4 Å². The first-order chi connectivity index (χ1) is 10.1. The smallest absolute Gasteiger partial charge is 0.0917 e. The Bertz CT molecular complexity index is 496. The molecule has 0 amide bonds. The molecule has 1 heterocycles. The number of aliphatic hydroxyl groups excluding tert-OH is 2. The third-order valence-electron chi connectivity index (χ3n) is 4.85. The number of rotatable bonds is 4. The molecule has 1 aromatic carbocycles. The quantitative estimate of drug-likeness (QED) is 0.310. The fourth-order valence-corrected chi connectivity index (χ4v) is 3.78. The van der Waals surface area contributed by atoms with Crippen molar-refractivity contribution < 1.29 is 10.2 Å². The lowest BCUT2D eigenvalue weighted by atomic mass is 10.0. The van der Waals surface area contributed by atoms with Crippen molar-refractivity contribution in [3.63, 3.8) is 0 Å². The number of benzene rings is 1. The fraction of sp³-hybridized carbons (Fsp3) is 0.600. The Morgan fingerprint density at radius 3 is 2.52 bits per heavy atom. The highest BCUT2D eigenvalue weighted by molar-refractivity contribution is 5.66. The number of nitrogens with zero attached hydrogens (tertiary/aromatic N) is 1. The third-order valence-corrected chi connectivity index (χ3v) is 4.85. The monoisotopic (exact) mass is 292 g/mol. The van der Waals surface area contributed by atoms with E-state index in [9.17, 15) is 10.2 Å². The Hall–Kier alpha value is -1.34.